The highest BCUT2D eigenvalue weighted by Gasteiger charge is 2.41. The van der Waals surface area contributed by atoms with Crippen LogP contribution in [0.25, 0.3) is 0 Å². The Morgan fingerprint density at radius 1 is 1.28 bits per heavy atom. The fourth-order valence-electron chi connectivity index (χ4n) is 5.62. The fraction of sp³-hybridized carbons (Fsp3) is 0.483. The molecule has 1 amide bonds. The topological polar surface area (TPSA) is 92.5 Å². The van der Waals surface area contributed by atoms with E-state index < -0.39 is 17.6 Å². The van der Waals surface area contributed by atoms with Crippen LogP contribution in [0.4, 0.5) is 18.9 Å². The number of fused-ring (bicyclic) bond motifs is 1. The minimum atomic E-state index is -4.58. The number of likely N-dealkylation sites (N-methyl/N-ethyl adjacent to an activating group) is 1. The summed E-state index contributed by atoms with van der Waals surface area (Å²) >= 11 is 0. The van der Waals surface area contributed by atoms with Crippen LogP contribution in [0.2, 0.25) is 0 Å². The molecule has 10 heteroatoms. The van der Waals surface area contributed by atoms with Crippen LogP contribution in [0.1, 0.15) is 71.1 Å². The molecule has 2 heterocycles. The normalized spacial score (nSPS) is 19.2. The third kappa shape index (κ3) is 5.45. The van der Waals surface area contributed by atoms with Crippen molar-refractivity contribution in [1.29, 1.82) is 10.8 Å². The van der Waals surface area contributed by atoms with E-state index in [1.54, 1.807) is 31.3 Å². The van der Waals surface area contributed by atoms with Gasteiger partial charge in [0.25, 0.3) is 5.91 Å². The maximum Gasteiger partial charge on any atom is 0.416 e. The first kappa shape index (κ1) is 27.3. The van der Waals surface area contributed by atoms with Crippen LogP contribution in [0.5, 0.6) is 0 Å². The lowest BCUT2D eigenvalue weighted by molar-refractivity contribution is -0.138. The Hall–Kier alpha value is -3.24. The van der Waals surface area contributed by atoms with Crippen LogP contribution >= 0.6 is 0 Å². The van der Waals surface area contributed by atoms with Gasteiger partial charge in [-0.25, -0.2) is 0 Å². The predicted octanol–water partition coefficient (Wildman–Crippen LogP) is 5.53. The van der Waals surface area contributed by atoms with Gasteiger partial charge in [-0.3, -0.25) is 15.6 Å². The number of amidine groups is 1. The number of hydrogen-bond acceptors (Lipinski definition) is 5. The quantitative estimate of drug-likeness (QED) is 0.287. The van der Waals surface area contributed by atoms with Gasteiger partial charge in [-0.15, -0.1) is 0 Å². The minimum absolute atomic E-state index is 0.00374. The zero-order valence-electron chi connectivity index (χ0n) is 22.2. The van der Waals surface area contributed by atoms with Crippen molar-refractivity contribution in [2.24, 2.45) is 5.92 Å². The summed E-state index contributed by atoms with van der Waals surface area (Å²) in [5.41, 5.74) is 0.959. The van der Waals surface area contributed by atoms with E-state index in [1.165, 1.54) is 15.9 Å². The van der Waals surface area contributed by atoms with Crippen molar-refractivity contribution in [3.63, 3.8) is 0 Å². The van der Waals surface area contributed by atoms with Crippen molar-refractivity contribution in [3.05, 3.63) is 64.2 Å². The molecule has 2 aliphatic heterocycles. The Balaban J connectivity index is 1.45. The number of anilines is 1. The van der Waals surface area contributed by atoms with Gasteiger partial charge in [0.1, 0.15) is 5.84 Å². The molecule has 1 saturated heterocycles. The first-order valence-electron chi connectivity index (χ1n) is 13.3. The van der Waals surface area contributed by atoms with E-state index in [2.05, 4.69) is 12.2 Å². The Morgan fingerprint density at radius 3 is 2.62 bits per heavy atom. The van der Waals surface area contributed by atoms with Gasteiger partial charge in [0.2, 0.25) is 0 Å². The number of ether oxygens (including phenoxy) is 1. The second kappa shape index (κ2) is 10.4. The second-order valence-corrected chi connectivity index (χ2v) is 11.2. The standard InChI is InChI=1S/C29H34F3N5O2/c1-28(7-4-8-28)35-13-18-9-23-24(25(11-18)29(30,31)32)14-37(27(23)38)21-6-3-5-20(12-21)22(10-19-15-39-16-19)26(34)36(2)17-33/h3,5-6,9,11-12,17,19,22,33-35H,4,7-8,10,13-16H2,1-2H3. The summed E-state index contributed by atoms with van der Waals surface area (Å²) < 4.78 is 47.8. The number of nitrogens with one attached hydrogen (secondary N) is 3. The predicted molar refractivity (Wildman–Crippen MR) is 143 cm³/mol. The van der Waals surface area contributed by atoms with E-state index >= 15 is 0 Å². The average molecular weight is 542 g/mol. The number of carbonyl (C=O) groups excluding carboxylic acids is 1. The van der Waals surface area contributed by atoms with Gasteiger partial charge in [0.15, 0.2) is 0 Å². The van der Waals surface area contributed by atoms with Gasteiger partial charge >= 0.3 is 6.18 Å². The number of benzene rings is 2. The Morgan fingerprint density at radius 2 is 2.03 bits per heavy atom. The lowest BCUT2D eigenvalue weighted by atomic mass is 9.78. The molecule has 3 N–H and O–H groups in total. The fourth-order valence-corrected chi connectivity index (χ4v) is 5.62. The first-order valence-corrected chi connectivity index (χ1v) is 13.3. The van der Waals surface area contributed by atoms with Crippen LogP contribution in [0.15, 0.2) is 36.4 Å². The van der Waals surface area contributed by atoms with Crippen molar-refractivity contribution in [3.8, 4) is 0 Å². The lowest BCUT2D eigenvalue weighted by Gasteiger charge is -2.39. The molecule has 208 valence electrons. The SMILES string of the molecule is CN(C=N)C(=N)C(CC1COC1)c1cccc(N2Cc3c(cc(CNC4(C)CCC4)cc3C(F)(F)F)C2=O)c1. The molecule has 1 saturated carbocycles. The van der Waals surface area contributed by atoms with Crippen molar-refractivity contribution in [2.75, 3.05) is 25.2 Å². The summed E-state index contributed by atoms with van der Waals surface area (Å²) in [6, 6.07) is 9.90. The van der Waals surface area contributed by atoms with Crippen molar-refractivity contribution in [1.82, 2.24) is 10.2 Å². The molecular formula is C29H34F3N5O2. The van der Waals surface area contributed by atoms with Gasteiger partial charge in [-0.05, 0) is 73.6 Å². The van der Waals surface area contributed by atoms with Gasteiger partial charge in [-0.2, -0.15) is 13.2 Å². The van der Waals surface area contributed by atoms with E-state index in [4.69, 9.17) is 15.6 Å². The smallest absolute Gasteiger partial charge is 0.381 e. The monoisotopic (exact) mass is 541 g/mol. The van der Waals surface area contributed by atoms with E-state index in [0.29, 0.717) is 30.9 Å². The summed E-state index contributed by atoms with van der Waals surface area (Å²) in [5, 5.41) is 19.6. The van der Waals surface area contributed by atoms with Crippen molar-refractivity contribution < 1.29 is 22.7 Å². The van der Waals surface area contributed by atoms with E-state index in [9.17, 15) is 18.0 Å². The molecule has 2 fully saturated rings. The summed E-state index contributed by atoms with van der Waals surface area (Å²) in [7, 11) is 1.64. The summed E-state index contributed by atoms with van der Waals surface area (Å²) in [5.74, 6) is -0.289. The molecule has 7 nitrogen and oxygen atoms in total. The zero-order chi connectivity index (χ0) is 27.9. The molecule has 1 unspecified atom stereocenters. The average Bonchev–Trinajstić information content (AvgIpc) is 3.20. The number of rotatable bonds is 9. The zero-order valence-corrected chi connectivity index (χ0v) is 22.2. The first-order chi connectivity index (χ1) is 18.5. The number of carbonyl (C=O) groups is 1. The second-order valence-electron chi connectivity index (χ2n) is 11.2. The number of alkyl halides is 3. The molecule has 0 bridgehead atoms. The molecule has 39 heavy (non-hydrogen) atoms. The highest BCUT2D eigenvalue weighted by Crippen LogP contribution is 2.41. The molecule has 0 spiro atoms. The number of amides is 1. The van der Waals surface area contributed by atoms with E-state index in [-0.39, 0.29) is 47.4 Å². The summed E-state index contributed by atoms with van der Waals surface area (Å²) in [6.45, 7) is 3.38. The van der Waals surface area contributed by atoms with Crippen LogP contribution in [-0.4, -0.2) is 48.8 Å². The largest absolute Gasteiger partial charge is 0.416 e. The summed E-state index contributed by atoms with van der Waals surface area (Å²) in [6.07, 6.45) is 0.195. The maximum atomic E-state index is 14.2. The van der Waals surface area contributed by atoms with Crippen LogP contribution < -0.4 is 10.2 Å². The molecule has 3 aliphatic rings. The molecule has 5 rings (SSSR count). The third-order valence-corrected chi connectivity index (χ3v) is 8.35. The lowest BCUT2D eigenvalue weighted by Crippen LogP contribution is -2.47. The molecular weight excluding hydrogens is 507 g/mol. The number of nitrogens with zero attached hydrogens (tertiary/aromatic N) is 2. The maximum absolute atomic E-state index is 14.2. The molecule has 2 aromatic carbocycles. The highest BCUT2D eigenvalue weighted by molar-refractivity contribution is 6.10. The molecule has 0 aromatic heterocycles. The molecule has 2 aromatic rings. The van der Waals surface area contributed by atoms with Crippen molar-refractivity contribution >= 4 is 23.8 Å². The summed E-state index contributed by atoms with van der Waals surface area (Å²) in [4.78, 5) is 16.4. The Labute approximate surface area is 226 Å². The third-order valence-electron chi connectivity index (χ3n) is 8.35. The van der Waals surface area contributed by atoms with Crippen LogP contribution in [0, 0.1) is 16.7 Å². The molecule has 1 atom stereocenters. The van der Waals surface area contributed by atoms with Crippen molar-refractivity contribution in [2.45, 2.75) is 63.3 Å². The Kier molecular flexibility index (Phi) is 7.28. The van der Waals surface area contributed by atoms with Gasteiger partial charge in [0, 0.05) is 42.2 Å². The van der Waals surface area contributed by atoms with Gasteiger partial charge in [-0.1, -0.05) is 12.1 Å². The number of hydrogen-bond donors (Lipinski definition) is 3. The van der Waals surface area contributed by atoms with Gasteiger partial charge < -0.3 is 19.9 Å². The molecule has 1 aliphatic carbocycles. The molecule has 0 radical (unpaired) electrons. The minimum Gasteiger partial charge on any atom is -0.381 e. The highest BCUT2D eigenvalue weighted by atomic mass is 19.4. The Bertz CT molecular complexity index is 1290. The van der Waals surface area contributed by atoms with Crippen LogP contribution in [-0.2, 0) is 24.0 Å². The van der Waals surface area contributed by atoms with Crippen LogP contribution in [0.3, 0.4) is 0 Å². The van der Waals surface area contributed by atoms with Gasteiger partial charge in [0.05, 0.1) is 31.7 Å². The van der Waals surface area contributed by atoms with E-state index in [1.807, 2.05) is 6.07 Å². The van der Waals surface area contributed by atoms with E-state index in [0.717, 1.165) is 31.2 Å². The number of halogens is 3.